The van der Waals surface area contributed by atoms with Crippen LogP contribution in [0.3, 0.4) is 0 Å². The summed E-state index contributed by atoms with van der Waals surface area (Å²) >= 11 is 4.19. The molecule has 1 atom stereocenters. The fourth-order valence-electron chi connectivity index (χ4n) is 1.24. The van der Waals surface area contributed by atoms with E-state index in [-0.39, 0.29) is 12.1 Å². The molecule has 6 heteroatoms. The largest absolute Gasteiger partial charge is 0.330 e. The highest BCUT2D eigenvalue weighted by atomic mass is 32.1. The molecule has 1 aliphatic rings. The van der Waals surface area contributed by atoms with Crippen molar-refractivity contribution in [2.45, 2.75) is 31.8 Å². The third-order valence-electron chi connectivity index (χ3n) is 2.23. The summed E-state index contributed by atoms with van der Waals surface area (Å²) in [7, 11) is 1.60. The van der Waals surface area contributed by atoms with Crippen LogP contribution in [0.4, 0.5) is 9.59 Å². The van der Waals surface area contributed by atoms with E-state index in [0.29, 0.717) is 0 Å². The smallest absolute Gasteiger partial charge is 0.306 e. The summed E-state index contributed by atoms with van der Waals surface area (Å²) < 4.78 is 0. The minimum Gasteiger partial charge on any atom is -0.306 e. The van der Waals surface area contributed by atoms with E-state index in [1.54, 1.807) is 27.8 Å². The highest BCUT2D eigenvalue weighted by Crippen LogP contribution is 2.22. The molecule has 0 saturated carbocycles. The summed E-state index contributed by atoms with van der Waals surface area (Å²) in [6.45, 7) is 5.22. The van der Waals surface area contributed by atoms with E-state index in [1.807, 2.05) is 0 Å². The molecule has 0 spiro atoms. The summed E-state index contributed by atoms with van der Waals surface area (Å²) in [5.74, 6) is 0. The SMILES string of the molecule is CC(C)N1C(=O)NC(C)(S)N(C)C1=O. The van der Waals surface area contributed by atoms with Crippen molar-refractivity contribution >= 4 is 24.7 Å². The van der Waals surface area contributed by atoms with Crippen molar-refractivity contribution in [3.8, 4) is 0 Å². The Bertz CT molecular complexity index is 278. The van der Waals surface area contributed by atoms with Gasteiger partial charge < -0.3 is 5.32 Å². The van der Waals surface area contributed by atoms with Crippen LogP contribution in [0.15, 0.2) is 0 Å². The predicted octanol–water partition coefficient (Wildman–Crippen LogP) is 1.08. The molecule has 80 valence electrons. The molecule has 1 rings (SSSR count). The van der Waals surface area contributed by atoms with Gasteiger partial charge in [0, 0.05) is 13.1 Å². The second kappa shape index (κ2) is 3.34. The minimum absolute atomic E-state index is 0.158. The zero-order valence-electron chi connectivity index (χ0n) is 8.74. The van der Waals surface area contributed by atoms with Crippen molar-refractivity contribution < 1.29 is 9.59 Å². The van der Waals surface area contributed by atoms with Crippen molar-refractivity contribution in [1.82, 2.24) is 15.1 Å². The molecule has 0 aromatic rings. The third-order valence-corrected chi connectivity index (χ3v) is 2.64. The standard InChI is InChI=1S/C8H15N3O2S/c1-5(2)11-6(12)9-8(3,14)10(4)7(11)13/h5,14H,1-4H3,(H,9,12). The zero-order chi connectivity index (χ0) is 11.1. The maximum absolute atomic E-state index is 11.7. The molecule has 1 unspecified atom stereocenters. The van der Waals surface area contributed by atoms with Crippen LogP contribution in [0.25, 0.3) is 0 Å². The van der Waals surface area contributed by atoms with Crippen LogP contribution < -0.4 is 5.32 Å². The minimum atomic E-state index is -0.917. The number of urea groups is 2. The van der Waals surface area contributed by atoms with Gasteiger partial charge in [0.05, 0.1) is 0 Å². The van der Waals surface area contributed by atoms with E-state index < -0.39 is 11.0 Å². The highest BCUT2D eigenvalue weighted by Gasteiger charge is 2.42. The second-order valence-electron chi connectivity index (χ2n) is 3.76. The number of hydrogen-bond donors (Lipinski definition) is 2. The normalized spacial score (nSPS) is 28.4. The van der Waals surface area contributed by atoms with Crippen molar-refractivity contribution in [1.29, 1.82) is 0 Å². The number of carbonyl (C=O) groups excluding carboxylic acids is 2. The number of carbonyl (C=O) groups is 2. The average molecular weight is 217 g/mol. The van der Waals surface area contributed by atoms with E-state index in [4.69, 9.17) is 0 Å². The summed E-state index contributed by atoms with van der Waals surface area (Å²) in [6, 6.07) is -0.892. The van der Waals surface area contributed by atoms with Crippen LogP contribution in [0.2, 0.25) is 0 Å². The lowest BCUT2D eigenvalue weighted by atomic mass is 10.3. The number of rotatable bonds is 1. The molecular weight excluding hydrogens is 202 g/mol. The molecule has 1 aliphatic heterocycles. The van der Waals surface area contributed by atoms with Crippen molar-refractivity contribution in [3.05, 3.63) is 0 Å². The molecular formula is C8H15N3O2S. The maximum atomic E-state index is 11.7. The number of nitrogens with one attached hydrogen (secondary N) is 1. The lowest BCUT2D eigenvalue weighted by molar-refractivity contribution is 0.101. The molecule has 1 fully saturated rings. The van der Waals surface area contributed by atoms with Gasteiger partial charge in [-0.1, -0.05) is 0 Å². The second-order valence-corrected chi connectivity index (χ2v) is 4.63. The highest BCUT2D eigenvalue weighted by molar-refractivity contribution is 7.81. The number of thiol groups is 1. The van der Waals surface area contributed by atoms with Gasteiger partial charge in [0.1, 0.15) is 0 Å². The van der Waals surface area contributed by atoms with Crippen molar-refractivity contribution in [2.75, 3.05) is 7.05 Å². The van der Waals surface area contributed by atoms with Crippen LogP contribution in [0.5, 0.6) is 0 Å². The molecule has 4 amide bonds. The Labute approximate surface area is 88.8 Å². The first-order valence-electron chi connectivity index (χ1n) is 4.39. The van der Waals surface area contributed by atoms with Crippen LogP contribution in [0.1, 0.15) is 20.8 Å². The molecule has 0 aromatic heterocycles. The van der Waals surface area contributed by atoms with Gasteiger partial charge in [0.2, 0.25) is 0 Å². The van der Waals surface area contributed by atoms with Crippen LogP contribution in [-0.2, 0) is 0 Å². The summed E-state index contributed by atoms with van der Waals surface area (Å²) in [5.41, 5.74) is 0. The van der Waals surface area contributed by atoms with E-state index in [9.17, 15) is 9.59 Å². The Morgan fingerprint density at radius 2 is 1.93 bits per heavy atom. The third kappa shape index (κ3) is 1.66. The first-order valence-corrected chi connectivity index (χ1v) is 4.83. The quantitative estimate of drug-likeness (QED) is 0.646. The molecule has 0 bridgehead atoms. The molecule has 0 aliphatic carbocycles. The molecule has 1 heterocycles. The van der Waals surface area contributed by atoms with Gasteiger partial charge in [0.15, 0.2) is 4.99 Å². The van der Waals surface area contributed by atoms with Crippen molar-refractivity contribution in [3.63, 3.8) is 0 Å². The summed E-state index contributed by atoms with van der Waals surface area (Å²) in [6.07, 6.45) is 0. The van der Waals surface area contributed by atoms with Crippen LogP contribution >= 0.6 is 12.6 Å². The number of amides is 4. The first kappa shape index (κ1) is 11.2. The Balaban J connectivity index is 2.97. The lowest BCUT2D eigenvalue weighted by Crippen LogP contribution is -2.68. The van der Waals surface area contributed by atoms with E-state index >= 15 is 0 Å². The van der Waals surface area contributed by atoms with E-state index in [0.717, 1.165) is 4.90 Å². The van der Waals surface area contributed by atoms with Gasteiger partial charge in [-0.15, -0.1) is 12.6 Å². The molecule has 1 saturated heterocycles. The zero-order valence-corrected chi connectivity index (χ0v) is 9.63. The van der Waals surface area contributed by atoms with Gasteiger partial charge >= 0.3 is 12.1 Å². The Morgan fingerprint density at radius 1 is 1.43 bits per heavy atom. The monoisotopic (exact) mass is 217 g/mol. The molecule has 0 aromatic carbocycles. The summed E-state index contributed by atoms with van der Waals surface area (Å²) in [4.78, 5) is 24.9. The van der Waals surface area contributed by atoms with Crippen molar-refractivity contribution in [2.24, 2.45) is 0 Å². The maximum Gasteiger partial charge on any atom is 0.330 e. The Kier molecular flexibility index (Phi) is 2.67. The van der Waals surface area contributed by atoms with Gasteiger partial charge in [-0.05, 0) is 20.8 Å². The lowest BCUT2D eigenvalue weighted by Gasteiger charge is -2.44. The van der Waals surface area contributed by atoms with Gasteiger partial charge in [-0.3, -0.25) is 4.90 Å². The fourth-order valence-corrected chi connectivity index (χ4v) is 1.42. The Hall–Kier alpha value is -0.910. The molecule has 0 radical (unpaired) electrons. The van der Waals surface area contributed by atoms with Gasteiger partial charge in [0.25, 0.3) is 0 Å². The average Bonchev–Trinajstić information content (AvgIpc) is 1.98. The van der Waals surface area contributed by atoms with Crippen LogP contribution in [-0.4, -0.2) is 39.9 Å². The molecule has 1 N–H and O–H groups in total. The Morgan fingerprint density at radius 3 is 2.36 bits per heavy atom. The van der Waals surface area contributed by atoms with E-state index in [2.05, 4.69) is 17.9 Å². The molecule has 5 nitrogen and oxygen atoms in total. The van der Waals surface area contributed by atoms with Gasteiger partial charge in [-0.25, -0.2) is 14.5 Å². The fraction of sp³-hybridized carbons (Fsp3) is 0.750. The first-order chi connectivity index (χ1) is 6.27. The van der Waals surface area contributed by atoms with Crippen LogP contribution in [0, 0.1) is 0 Å². The molecule has 14 heavy (non-hydrogen) atoms. The topological polar surface area (TPSA) is 52.7 Å². The number of imide groups is 1. The predicted molar refractivity (Wildman–Crippen MR) is 56.1 cm³/mol. The number of nitrogens with zero attached hydrogens (tertiary/aromatic N) is 2. The van der Waals surface area contributed by atoms with Gasteiger partial charge in [-0.2, -0.15) is 0 Å². The summed E-state index contributed by atoms with van der Waals surface area (Å²) in [5, 5.41) is 2.62. The van der Waals surface area contributed by atoms with E-state index in [1.165, 1.54) is 4.90 Å². The number of hydrogen-bond acceptors (Lipinski definition) is 3.